The summed E-state index contributed by atoms with van der Waals surface area (Å²) in [5, 5.41) is 15.2. The van der Waals surface area contributed by atoms with E-state index >= 15 is 0 Å². The molecule has 5 nitrogen and oxygen atoms in total. The standard InChI is InChI=1S/C15H19N3O2/c1-20-13-6-2-5-12(9-16)15(13)18-14(19)8-11-4-3-7-17-10-11/h2,5-6,11,17H,3-4,7-8,10H2,1H3,(H,18,19). The minimum Gasteiger partial charge on any atom is -0.495 e. The second kappa shape index (κ2) is 6.92. The Morgan fingerprint density at radius 2 is 2.45 bits per heavy atom. The molecule has 1 aliphatic heterocycles. The fraction of sp³-hybridized carbons (Fsp3) is 0.467. The zero-order valence-electron chi connectivity index (χ0n) is 11.6. The number of ether oxygens (including phenoxy) is 1. The van der Waals surface area contributed by atoms with Gasteiger partial charge >= 0.3 is 0 Å². The van der Waals surface area contributed by atoms with Crippen LogP contribution in [0.25, 0.3) is 0 Å². The first-order valence-electron chi connectivity index (χ1n) is 6.82. The quantitative estimate of drug-likeness (QED) is 0.878. The third-order valence-electron chi connectivity index (χ3n) is 3.50. The number of carbonyl (C=O) groups excluding carboxylic acids is 1. The number of amides is 1. The second-order valence-corrected chi connectivity index (χ2v) is 4.96. The molecule has 0 saturated carbocycles. The van der Waals surface area contributed by atoms with Crippen LogP contribution in [0.5, 0.6) is 5.75 Å². The average Bonchev–Trinajstić information content (AvgIpc) is 2.48. The van der Waals surface area contributed by atoms with E-state index in [1.807, 2.05) is 0 Å². The van der Waals surface area contributed by atoms with Gasteiger partial charge in [0.05, 0.1) is 12.7 Å². The van der Waals surface area contributed by atoms with Gasteiger partial charge in [-0.1, -0.05) is 6.07 Å². The highest BCUT2D eigenvalue weighted by molar-refractivity contribution is 5.94. The van der Waals surface area contributed by atoms with Crippen molar-refractivity contribution >= 4 is 11.6 Å². The number of hydrogen-bond acceptors (Lipinski definition) is 4. The molecule has 0 spiro atoms. The third-order valence-corrected chi connectivity index (χ3v) is 3.50. The Bertz CT molecular complexity index is 516. The molecule has 1 atom stereocenters. The summed E-state index contributed by atoms with van der Waals surface area (Å²) in [6.07, 6.45) is 2.64. The van der Waals surface area contributed by atoms with Gasteiger partial charge in [0.25, 0.3) is 0 Å². The smallest absolute Gasteiger partial charge is 0.224 e. The first-order chi connectivity index (χ1) is 9.74. The van der Waals surface area contributed by atoms with Crippen molar-refractivity contribution in [2.75, 3.05) is 25.5 Å². The molecule has 1 unspecified atom stereocenters. The van der Waals surface area contributed by atoms with E-state index in [1.54, 1.807) is 18.2 Å². The number of piperidine rings is 1. The Morgan fingerprint density at radius 3 is 3.10 bits per heavy atom. The Hall–Kier alpha value is -2.06. The zero-order valence-corrected chi connectivity index (χ0v) is 11.6. The molecule has 106 valence electrons. The number of carbonyl (C=O) groups is 1. The molecule has 1 saturated heterocycles. The van der Waals surface area contributed by atoms with E-state index in [4.69, 9.17) is 10.00 Å². The van der Waals surface area contributed by atoms with Crippen LogP contribution >= 0.6 is 0 Å². The number of nitrogens with one attached hydrogen (secondary N) is 2. The molecule has 1 aromatic carbocycles. The fourth-order valence-electron chi connectivity index (χ4n) is 2.47. The first-order valence-corrected chi connectivity index (χ1v) is 6.82. The van der Waals surface area contributed by atoms with Gasteiger partial charge < -0.3 is 15.4 Å². The molecular formula is C15H19N3O2. The molecule has 1 amide bonds. The summed E-state index contributed by atoms with van der Waals surface area (Å²) < 4.78 is 5.20. The molecule has 0 radical (unpaired) electrons. The van der Waals surface area contributed by atoms with Gasteiger partial charge in [-0.05, 0) is 44.0 Å². The van der Waals surface area contributed by atoms with Crippen LogP contribution in [-0.2, 0) is 4.79 Å². The lowest BCUT2D eigenvalue weighted by molar-refractivity contribution is -0.117. The van der Waals surface area contributed by atoms with Gasteiger partial charge in [0.1, 0.15) is 17.5 Å². The number of methoxy groups -OCH3 is 1. The zero-order chi connectivity index (χ0) is 14.4. The van der Waals surface area contributed by atoms with Crippen LogP contribution < -0.4 is 15.4 Å². The Labute approximate surface area is 118 Å². The van der Waals surface area contributed by atoms with Crippen molar-refractivity contribution < 1.29 is 9.53 Å². The highest BCUT2D eigenvalue weighted by Crippen LogP contribution is 2.28. The number of nitrogens with zero attached hydrogens (tertiary/aromatic N) is 1. The number of hydrogen-bond donors (Lipinski definition) is 2. The molecule has 2 rings (SSSR count). The predicted octanol–water partition coefficient (Wildman–Crippen LogP) is 1.90. The lowest BCUT2D eigenvalue weighted by atomic mass is 9.96. The maximum Gasteiger partial charge on any atom is 0.224 e. The molecule has 0 bridgehead atoms. The van der Waals surface area contributed by atoms with Crippen LogP contribution in [0.2, 0.25) is 0 Å². The summed E-state index contributed by atoms with van der Waals surface area (Å²) in [5.74, 6) is 0.808. The van der Waals surface area contributed by atoms with E-state index in [9.17, 15) is 4.79 Å². The van der Waals surface area contributed by atoms with Gasteiger partial charge in [-0.25, -0.2) is 0 Å². The summed E-state index contributed by atoms with van der Waals surface area (Å²) in [7, 11) is 1.52. The molecular weight excluding hydrogens is 254 g/mol. The number of rotatable bonds is 4. The van der Waals surface area contributed by atoms with Crippen LogP contribution in [0.3, 0.4) is 0 Å². The maximum absolute atomic E-state index is 12.1. The number of nitriles is 1. The van der Waals surface area contributed by atoms with Crippen LogP contribution in [0.1, 0.15) is 24.8 Å². The average molecular weight is 273 g/mol. The van der Waals surface area contributed by atoms with Crippen molar-refractivity contribution in [2.45, 2.75) is 19.3 Å². The molecule has 20 heavy (non-hydrogen) atoms. The minimum absolute atomic E-state index is 0.0697. The molecule has 0 aromatic heterocycles. The summed E-state index contributed by atoms with van der Waals surface area (Å²) >= 11 is 0. The van der Waals surface area contributed by atoms with E-state index in [2.05, 4.69) is 16.7 Å². The summed E-state index contributed by atoms with van der Waals surface area (Å²) in [5.41, 5.74) is 0.880. The second-order valence-electron chi connectivity index (χ2n) is 4.96. The largest absolute Gasteiger partial charge is 0.495 e. The van der Waals surface area contributed by atoms with Gasteiger partial charge in [0, 0.05) is 6.42 Å². The summed E-state index contributed by atoms with van der Waals surface area (Å²) in [6.45, 7) is 1.91. The van der Waals surface area contributed by atoms with Crippen molar-refractivity contribution in [3.8, 4) is 11.8 Å². The van der Waals surface area contributed by atoms with Gasteiger partial charge in [-0.15, -0.1) is 0 Å². The van der Waals surface area contributed by atoms with E-state index in [1.165, 1.54) is 7.11 Å². The molecule has 0 aliphatic carbocycles. The van der Waals surface area contributed by atoms with Crippen LogP contribution in [-0.4, -0.2) is 26.1 Å². The van der Waals surface area contributed by atoms with Gasteiger partial charge in [0.15, 0.2) is 0 Å². The first kappa shape index (κ1) is 14.4. The van der Waals surface area contributed by atoms with Crippen molar-refractivity contribution in [2.24, 2.45) is 5.92 Å². The van der Waals surface area contributed by atoms with Crippen molar-refractivity contribution in [1.29, 1.82) is 5.26 Å². The van der Waals surface area contributed by atoms with Crippen LogP contribution in [0, 0.1) is 17.2 Å². The fourth-order valence-corrected chi connectivity index (χ4v) is 2.47. The van der Waals surface area contributed by atoms with Gasteiger partial charge in [0.2, 0.25) is 5.91 Å². The Balaban J connectivity index is 2.05. The predicted molar refractivity (Wildman–Crippen MR) is 76.5 cm³/mol. The monoisotopic (exact) mass is 273 g/mol. The lowest BCUT2D eigenvalue weighted by Crippen LogP contribution is -2.32. The number of para-hydroxylation sites is 1. The highest BCUT2D eigenvalue weighted by Gasteiger charge is 2.18. The molecule has 2 N–H and O–H groups in total. The topological polar surface area (TPSA) is 74.1 Å². The molecule has 5 heteroatoms. The summed E-state index contributed by atoms with van der Waals surface area (Å²) in [4.78, 5) is 12.1. The van der Waals surface area contributed by atoms with E-state index in [0.29, 0.717) is 29.3 Å². The summed E-state index contributed by atoms with van der Waals surface area (Å²) in [6, 6.07) is 7.21. The maximum atomic E-state index is 12.1. The normalized spacial score (nSPS) is 18.1. The van der Waals surface area contributed by atoms with E-state index < -0.39 is 0 Å². The molecule has 1 heterocycles. The lowest BCUT2D eigenvalue weighted by Gasteiger charge is -2.22. The van der Waals surface area contributed by atoms with Crippen molar-refractivity contribution in [3.63, 3.8) is 0 Å². The third kappa shape index (κ3) is 3.49. The van der Waals surface area contributed by atoms with Gasteiger partial charge in [-0.2, -0.15) is 5.26 Å². The molecule has 1 fully saturated rings. The van der Waals surface area contributed by atoms with Crippen LogP contribution in [0.15, 0.2) is 18.2 Å². The SMILES string of the molecule is COc1cccc(C#N)c1NC(=O)CC1CCCNC1. The van der Waals surface area contributed by atoms with Gasteiger partial charge in [-0.3, -0.25) is 4.79 Å². The number of benzene rings is 1. The van der Waals surface area contributed by atoms with E-state index in [-0.39, 0.29) is 5.91 Å². The van der Waals surface area contributed by atoms with Crippen molar-refractivity contribution in [3.05, 3.63) is 23.8 Å². The minimum atomic E-state index is -0.0697. The molecule has 1 aromatic rings. The number of anilines is 1. The highest BCUT2D eigenvalue weighted by atomic mass is 16.5. The Morgan fingerprint density at radius 1 is 1.60 bits per heavy atom. The molecule has 1 aliphatic rings. The Kier molecular flexibility index (Phi) is 4.97. The van der Waals surface area contributed by atoms with Crippen LogP contribution in [0.4, 0.5) is 5.69 Å². The van der Waals surface area contributed by atoms with E-state index in [0.717, 1.165) is 25.9 Å². The van der Waals surface area contributed by atoms with Crippen molar-refractivity contribution in [1.82, 2.24) is 5.32 Å².